The third-order valence-corrected chi connectivity index (χ3v) is 8.39. The number of carboxylic acid groups (broad SMARTS) is 1. The second-order valence-corrected chi connectivity index (χ2v) is 11.7. The van der Waals surface area contributed by atoms with Crippen molar-refractivity contribution < 1.29 is 19.4 Å². The largest absolute Gasteiger partial charge is 0.478 e. The van der Waals surface area contributed by atoms with Gasteiger partial charge in [0.25, 0.3) is 5.91 Å². The van der Waals surface area contributed by atoms with Gasteiger partial charge in [-0.15, -0.1) is 0 Å². The highest BCUT2D eigenvalue weighted by molar-refractivity contribution is 6.39. The normalized spacial score (nSPS) is 26.8. The molecule has 0 bridgehead atoms. The maximum atomic E-state index is 14.3. The molecule has 2 heterocycles. The van der Waals surface area contributed by atoms with Crippen LogP contribution in [0.1, 0.15) is 88.6 Å². The van der Waals surface area contributed by atoms with Gasteiger partial charge in [0, 0.05) is 13.1 Å². The Labute approximate surface area is 214 Å². The van der Waals surface area contributed by atoms with Gasteiger partial charge in [-0.05, 0) is 67.6 Å². The summed E-state index contributed by atoms with van der Waals surface area (Å²) in [5.41, 5.74) is 6.66. The molecule has 1 saturated heterocycles. The molecule has 1 aliphatic carbocycles. The monoisotopic (exact) mass is 498 g/mol. The number of amides is 1. The number of carbonyl (C=O) groups excluding carboxylic acids is 1. The molecule has 0 aromatic heterocycles. The van der Waals surface area contributed by atoms with E-state index in [2.05, 4.69) is 32.6 Å². The molecule has 3 N–H and O–H groups in total. The fourth-order valence-electron chi connectivity index (χ4n) is 6.13. The first-order valence-corrected chi connectivity index (χ1v) is 13.4. The third-order valence-electron chi connectivity index (χ3n) is 8.39. The van der Waals surface area contributed by atoms with E-state index in [0.717, 1.165) is 44.1 Å². The van der Waals surface area contributed by atoms with E-state index >= 15 is 0 Å². The Bertz CT molecular complexity index is 986. The highest BCUT2D eigenvalue weighted by Crippen LogP contribution is 2.50. The Hall–Kier alpha value is -2.45. The van der Waals surface area contributed by atoms with Gasteiger partial charge in [0.2, 0.25) is 0 Å². The van der Waals surface area contributed by atoms with Gasteiger partial charge in [-0.2, -0.15) is 0 Å². The van der Waals surface area contributed by atoms with Crippen LogP contribution in [0, 0.1) is 11.3 Å². The van der Waals surface area contributed by atoms with Gasteiger partial charge in [0.1, 0.15) is 11.3 Å². The summed E-state index contributed by atoms with van der Waals surface area (Å²) in [6, 6.07) is 6.71. The predicted molar refractivity (Wildman–Crippen MR) is 140 cm³/mol. The minimum atomic E-state index is -1.09. The maximum absolute atomic E-state index is 14.3. The van der Waals surface area contributed by atoms with Crippen LogP contribution < -0.4 is 5.73 Å². The molecule has 1 unspecified atom stereocenters. The number of nitrogens with two attached hydrogens (primary N) is 1. The summed E-state index contributed by atoms with van der Waals surface area (Å²) in [5.74, 6) is -0.0433. The van der Waals surface area contributed by atoms with Crippen molar-refractivity contribution in [3.63, 3.8) is 0 Å². The molecule has 1 atom stereocenters. The number of aliphatic imine (C=N–C) groups is 1. The summed E-state index contributed by atoms with van der Waals surface area (Å²) in [4.78, 5) is 34.9. The number of morpholine rings is 1. The molecule has 3 aliphatic rings. The van der Waals surface area contributed by atoms with E-state index in [1.807, 2.05) is 4.90 Å². The van der Waals surface area contributed by atoms with Crippen molar-refractivity contribution in [2.45, 2.75) is 84.0 Å². The lowest BCUT2D eigenvalue weighted by Crippen LogP contribution is -2.64. The van der Waals surface area contributed by atoms with E-state index in [1.54, 1.807) is 24.3 Å². The highest BCUT2D eigenvalue weighted by atomic mass is 16.5. The zero-order valence-electron chi connectivity index (χ0n) is 22.3. The van der Waals surface area contributed by atoms with Gasteiger partial charge in [0.05, 0.1) is 18.8 Å². The Balaban J connectivity index is 1.77. The minimum Gasteiger partial charge on any atom is -0.478 e. The Morgan fingerprint density at radius 3 is 2.31 bits per heavy atom. The molecular formula is C28H42N4O4. The van der Waals surface area contributed by atoms with Crippen LogP contribution in [0.4, 0.5) is 0 Å². The number of hydrogen-bond acceptors (Lipinski definition) is 6. The number of rotatable bonds is 6. The van der Waals surface area contributed by atoms with Crippen LogP contribution in [0.3, 0.4) is 0 Å². The van der Waals surface area contributed by atoms with Gasteiger partial charge < -0.3 is 20.5 Å². The molecule has 2 fully saturated rings. The lowest BCUT2D eigenvalue weighted by Gasteiger charge is -2.51. The van der Waals surface area contributed by atoms with E-state index in [4.69, 9.17) is 15.5 Å². The van der Waals surface area contributed by atoms with E-state index in [-0.39, 0.29) is 16.9 Å². The molecule has 8 heteroatoms. The Morgan fingerprint density at radius 2 is 1.78 bits per heavy atom. The van der Waals surface area contributed by atoms with Crippen LogP contribution >= 0.6 is 0 Å². The van der Waals surface area contributed by atoms with Gasteiger partial charge in [-0.3, -0.25) is 9.69 Å². The highest BCUT2D eigenvalue weighted by Gasteiger charge is 2.57. The van der Waals surface area contributed by atoms with Crippen LogP contribution in [0.5, 0.6) is 0 Å². The number of hydrogen-bond donors (Lipinski definition) is 2. The second kappa shape index (κ2) is 10.1. The lowest BCUT2D eigenvalue weighted by atomic mass is 9.69. The molecule has 2 aliphatic heterocycles. The molecule has 36 heavy (non-hydrogen) atoms. The van der Waals surface area contributed by atoms with E-state index in [1.165, 1.54) is 0 Å². The van der Waals surface area contributed by atoms with Gasteiger partial charge >= 0.3 is 5.97 Å². The quantitative estimate of drug-likeness (QED) is 0.609. The van der Waals surface area contributed by atoms with Crippen LogP contribution in [0.2, 0.25) is 0 Å². The number of unbranched alkanes of at least 4 members (excludes halogenated alkanes) is 1. The number of amidine groups is 1. The number of carbonyl (C=O) groups is 2. The molecule has 4 rings (SSSR count). The van der Waals surface area contributed by atoms with Gasteiger partial charge in [-0.1, -0.05) is 46.2 Å². The summed E-state index contributed by atoms with van der Waals surface area (Å²) in [5, 5.41) is 9.41. The van der Waals surface area contributed by atoms with Gasteiger partial charge in [-0.25, -0.2) is 9.79 Å². The number of nitrogens with zero attached hydrogens (tertiary/aromatic N) is 3. The number of carboxylic acids is 1. The molecule has 1 spiro atoms. The molecule has 1 aromatic rings. The molecule has 8 nitrogen and oxygen atoms in total. The van der Waals surface area contributed by atoms with Crippen molar-refractivity contribution in [2.24, 2.45) is 22.1 Å². The van der Waals surface area contributed by atoms with E-state index in [9.17, 15) is 14.7 Å². The van der Waals surface area contributed by atoms with E-state index in [0.29, 0.717) is 44.5 Å². The summed E-state index contributed by atoms with van der Waals surface area (Å²) < 4.78 is 5.54. The predicted octanol–water partition coefficient (Wildman–Crippen LogP) is 4.19. The molecule has 1 aromatic carbocycles. The van der Waals surface area contributed by atoms with Crippen molar-refractivity contribution >= 4 is 17.7 Å². The first-order valence-electron chi connectivity index (χ1n) is 13.4. The smallest absolute Gasteiger partial charge is 0.335 e. The Kier molecular flexibility index (Phi) is 7.49. The maximum Gasteiger partial charge on any atom is 0.335 e. The van der Waals surface area contributed by atoms with Crippen molar-refractivity contribution in [2.75, 3.05) is 26.3 Å². The molecular weight excluding hydrogens is 456 g/mol. The van der Waals surface area contributed by atoms with Crippen molar-refractivity contribution in [3.8, 4) is 0 Å². The molecule has 1 saturated carbocycles. The summed E-state index contributed by atoms with van der Waals surface area (Å²) in [6.45, 7) is 11.4. The first-order chi connectivity index (χ1) is 17.0. The zero-order chi connectivity index (χ0) is 26.1. The van der Waals surface area contributed by atoms with Crippen molar-refractivity contribution in [1.82, 2.24) is 9.80 Å². The fraction of sp³-hybridized carbons (Fsp3) is 0.679. The Morgan fingerprint density at radius 1 is 1.17 bits per heavy atom. The molecule has 1 amide bonds. The average Bonchev–Trinajstić information content (AvgIpc) is 3.14. The first kappa shape index (κ1) is 26.6. The topological polar surface area (TPSA) is 108 Å². The van der Waals surface area contributed by atoms with Crippen LogP contribution in [-0.4, -0.2) is 64.6 Å². The van der Waals surface area contributed by atoms with Crippen molar-refractivity contribution in [3.05, 3.63) is 35.4 Å². The van der Waals surface area contributed by atoms with Crippen molar-refractivity contribution in [1.29, 1.82) is 0 Å². The SMILES string of the molecule is CCCCC(N)(c1ccc(C(=O)O)cc1)N1C(=O)C(N2CCOCC2)=NC12CCC(C(C)(C)C)CC2. The number of benzene rings is 1. The van der Waals surface area contributed by atoms with E-state index < -0.39 is 17.3 Å². The van der Waals surface area contributed by atoms with Crippen LogP contribution in [-0.2, 0) is 15.2 Å². The summed E-state index contributed by atoms with van der Waals surface area (Å²) in [7, 11) is 0. The second-order valence-electron chi connectivity index (χ2n) is 11.7. The fourth-order valence-corrected chi connectivity index (χ4v) is 6.13. The van der Waals surface area contributed by atoms with Gasteiger partial charge in [0.15, 0.2) is 5.84 Å². The number of aromatic carboxylic acids is 1. The summed E-state index contributed by atoms with van der Waals surface area (Å²) in [6.07, 6.45) is 5.86. The average molecular weight is 499 g/mol. The van der Waals surface area contributed by atoms with Crippen LogP contribution in [0.25, 0.3) is 0 Å². The minimum absolute atomic E-state index is 0.118. The number of ether oxygens (including phenoxy) is 1. The standard InChI is InChI=1S/C28H42N4O4/c1-5-6-13-28(29,22-9-7-20(8-10-22)25(34)35)32-24(33)23(31-16-18-36-19-17-31)30-27(32)14-11-21(12-15-27)26(2,3)4/h7-10,21H,5-6,11-19,29H2,1-4H3,(H,34,35). The lowest BCUT2D eigenvalue weighted by molar-refractivity contribution is -0.142. The zero-order valence-corrected chi connectivity index (χ0v) is 22.3. The molecule has 0 radical (unpaired) electrons. The summed E-state index contributed by atoms with van der Waals surface area (Å²) >= 11 is 0. The van der Waals surface area contributed by atoms with Crippen LogP contribution in [0.15, 0.2) is 29.3 Å². The molecule has 198 valence electrons. The third kappa shape index (κ3) is 4.90.